The van der Waals surface area contributed by atoms with Gasteiger partial charge in [0.25, 0.3) is 0 Å². The van der Waals surface area contributed by atoms with E-state index in [-0.39, 0.29) is 12.3 Å². The van der Waals surface area contributed by atoms with Crippen LogP contribution in [-0.4, -0.2) is 23.9 Å². The standard InChI is InChI=1S/C17H19N3O3/c1-12-5-6-15(23-2)14(8-12)20-17(22)9-16(21)19-11-13-4-3-7-18-10-13/h3-8,10H,9,11H2,1-2H3,(H,19,21)(H,20,22). The van der Waals surface area contributed by atoms with E-state index in [1.54, 1.807) is 30.6 Å². The summed E-state index contributed by atoms with van der Waals surface area (Å²) >= 11 is 0. The number of hydrogen-bond donors (Lipinski definition) is 2. The molecule has 0 saturated carbocycles. The minimum absolute atomic E-state index is 0.253. The van der Waals surface area contributed by atoms with Crippen molar-refractivity contribution < 1.29 is 14.3 Å². The van der Waals surface area contributed by atoms with Gasteiger partial charge in [-0.25, -0.2) is 0 Å². The second kappa shape index (κ2) is 7.93. The number of pyridine rings is 1. The third-order valence-corrected chi connectivity index (χ3v) is 3.16. The van der Waals surface area contributed by atoms with Crippen molar-refractivity contribution in [1.82, 2.24) is 10.3 Å². The highest BCUT2D eigenvalue weighted by atomic mass is 16.5. The van der Waals surface area contributed by atoms with Crippen molar-refractivity contribution in [3.63, 3.8) is 0 Å². The van der Waals surface area contributed by atoms with E-state index in [0.717, 1.165) is 11.1 Å². The van der Waals surface area contributed by atoms with Crippen LogP contribution in [0.4, 0.5) is 5.69 Å². The Morgan fingerprint density at radius 3 is 2.74 bits per heavy atom. The van der Waals surface area contributed by atoms with E-state index < -0.39 is 5.91 Å². The maximum atomic E-state index is 12.0. The molecule has 0 saturated heterocycles. The zero-order valence-electron chi connectivity index (χ0n) is 13.1. The summed E-state index contributed by atoms with van der Waals surface area (Å²) in [5.41, 5.74) is 2.42. The number of hydrogen-bond acceptors (Lipinski definition) is 4. The van der Waals surface area contributed by atoms with Gasteiger partial charge in [0.1, 0.15) is 12.2 Å². The van der Waals surface area contributed by atoms with Crippen LogP contribution in [0.15, 0.2) is 42.7 Å². The lowest BCUT2D eigenvalue weighted by Crippen LogP contribution is -2.27. The van der Waals surface area contributed by atoms with Crippen LogP contribution in [0.5, 0.6) is 5.75 Å². The third kappa shape index (κ3) is 5.10. The first kappa shape index (κ1) is 16.5. The number of benzene rings is 1. The molecule has 0 aliphatic rings. The normalized spacial score (nSPS) is 10.0. The highest BCUT2D eigenvalue weighted by Crippen LogP contribution is 2.25. The summed E-state index contributed by atoms with van der Waals surface area (Å²) in [5.74, 6) is -0.185. The third-order valence-electron chi connectivity index (χ3n) is 3.16. The molecule has 0 aliphatic carbocycles. The van der Waals surface area contributed by atoms with Crippen molar-refractivity contribution >= 4 is 17.5 Å². The largest absolute Gasteiger partial charge is 0.495 e. The molecule has 2 rings (SSSR count). The number of methoxy groups -OCH3 is 1. The molecular weight excluding hydrogens is 294 g/mol. The topological polar surface area (TPSA) is 80.3 Å². The molecule has 1 heterocycles. The number of nitrogens with one attached hydrogen (secondary N) is 2. The number of aryl methyl sites for hydroxylation is 1. The lowest BCUT2D eigenvalue weighted by molar-refractivity contribution is -0.126. The summed E-state index contributed by atoms with van der Waals surface area (Å²) < 4.78 is 5.19. The minimum Gasteiger partial charge on any atom is -0.495 e. The Hall–Kier alpha value is -2.89. The van der Waals surface area contributed by atoms with Crippen molar-refractivity contribution in [2.45, 2.75) is 19.9 Å². The van der Waals surface area contributed by atoms with E-state index in [0.29, 0.717) is 18.0 Å². The van der Waals surface area contributed by atoms with Gasteiger partial charge in [-0.2, -0.15) is 0 Å². The second-order valence-corrected chi connectivity index (χ2v) is 5.07. The van der Waals surface area contributed by atoms with Gasteiger partial charge in [-0.1, -0.05) is 12.1 Å². The number of anilines is 1. The molecule has 0 atom stereocenters. The zero-order chi connectivity index (χ0) is 16.7. The van der Waals surface area contributed by atoms with Crippen LogP contribution in [-0.2, 0) is 16.1 Å². The number of ether oxygens (including phenoxy) is 1. The number of amides is 2. The van der Waals surface area contributed by atoms with E-state index in [1.165, 1.54) is 7.11 Å². The highest BCUT2D eigenvalue weighted by Gasteiger charge is 2.12. The fourth-order valence-corrected chi connectivity index (χ4v) is 2.03. The molecule has 0 aliphatic heterocycles. The minimum atomic E-state index is -0.391. The Balaban J connectivity index is 1.87. The van der Waals surface area contributed by atoms with Gasteiger partial charge in [0.05, 0.1) is 12.8 Å². The predicted molar refractivity (Wildman–Crippen MR) is 87.1 cm³/mol. The van der Waals surface area contributed by atoms with Crippen LogP contribution in [0.25, 0.3) is 0 Å². The van der Waals surface area contributed by atoms with E-state index in [1.807, 2.05) is 19.1 Å². The molecule has 6 heteroatoms. The van der Waals surface area contributed by atoms with E-state index in [2.05, 4.69) is 15.6 Å². The Labute approximate surface area is 134 Å². The summed E-state index contributed by atoms with van der Waals surface area (Å²) in [5, 5.41) is 5.38. The lowest BCUT2D eigenvalue weighted by atomic mass is 10.2. The van der Waals surface area contributed by atoms with Crippen molar-refractivity contribution in [1.29, 1.82) is 0 Å². The van der Waals surface area contributed by atoms with Crippen LogP contribution < -0.4 is 15.4 Å². The second-order valence-electron chi connectivity index (χ2n) is 5.07. The Kier molecular flexibility index (Phi) is 5.68. The molecule has 1 aromatic carbocycles. The molecule has 1 aromatic heterocycles. The molecule has 0 spiro atoms. The predicted octanol–water partition coefficient (Wildman–Crippen LogP) is 2.04. The van der Waals surface area contributed by atoms with Gasteiger partial charge in [0.15, 0.2) is 0 Å². The van der Waals surface area contributed by atoms with E-state index in [4.69, 9.17) is 4.74 Å². The average molecular weight is 313 g/mol. The van der Waals surface area contributed by atoms with Gasteiger partial charge < -0.3 is 15.4 Å². The van der Waals surface area contributed by atoms with E-state index in [9.17, 15) is 9.59 Å². The zero-order valence-corrected chi connectivity index (χ0v) is 13.1. The average Bonchev–Trinajstić information content (AvgIpc) is 2.54. The van der Waals surface area contributed by atoms with Gasteiger partial charge in [-0.3, -0.25) is 14.6 Å². The first-order chi connectivity index (χ1) is 11.1. The molecule has 0 bridgehead atoms. The van der Waals surface area contributed by atoms with Gasteiger partial charge in [0.2, 0.25) is 11.8 Å². The van der Waals surface area contributed by atoms with Crippen LogP contribution in [0.1, 0.15) is 17.5 Å². The molecule has 0 unspecified atom stereocenters. The van der Waals surface area contributed by atoms with Gasteiger partial charge in [0, 0.05) is 18.9 Å². The van der Waals surface area contributed by atoms with Crippen molar-refractivity contribution in [3.8, 4) is 5.75 Å². The maximum Gasteiger partial charge on any atom is 0.233 e. The Bertz CT molecular complexity index is 687. The van der Waals surface area contributed by atoms with Crippen molar-refractivity contribution in [2.75, 3.05) is 12.4 Å². The molecular formula is C17H19N3O3. The fourth-order valence-electron chi connectivity index (χ4n) is 2.03. The first-order valence-corrected chi connectivity index (χ1v) is 7.18. The van der Waals surface area contributed by atoms with Crippen molar-refractivity contribution in [3.05, 3.63) is 53.9 Å². The first-order valence-electron chi connectivity index (χ1n) is 7.18. The molecule has 23 heavy (non-hydrogen) atoms. The van der Waals surface area contributed by atoms with Gasteiger partial charge >= 0.3 is 0 Å². The molecule has 2 amide bonds. The quantitative estimate of drug-likeness (QED) is 0.800. The van der Waals surface area contributed by atoms with Crippen molar-refractivity contribution in [2.24, 2.45) is 0 Å². The summed E-state index contributed by atoms with van der Waals surface area (Å²) in [6.07, 6.45) is 3.07. The smallest absolute Gasteiger partial charge is 0.233 e. The van der Waals surface area contributed by atoms with Crippen LogP contribution in [0.3, 0.4) is 0 Å². The highest BCUT2D eigenvalue weighted by molar-refractivity contribution is 6.04. The summed E-state index contributed by atoms with van der Waals surface area (Å²) in [6.45, 7) is 2.25. The molecule has 120 valence electrons. The van der Waals surface area contributed by atoms with E-state index >= 15 is 0 Å². The Morgan fingerprint density at radius 1 is 1.22 bits per heavy atom. The molecule has 0 fully saturated rings. The van der Waals surface area contributed by atoms with Gasteiger partial charge in [-0.15, -0.1) is 0 Å². The summed E-state index contributed by atoms with van der Waals surface area (Å²) in [6, 6.07) is 9.09. The van der Waals surface area contributed by atoms with Gasteiger partial charge in [-0.05, 0) is 36.2 Å². The maximum absolute atomic E-state index is 12.0. The monoisotopic (exact) mass is 313 g/mol. The number of rotatable bonds is 6. The molecule has 0 radical (unpaired) electrons. The van der Waals surface area contributed by atoms with Crippen LogP contribution >= 0.6 is 0 Å². The molecule has 2 N–H and O–H groups in total. The molecule has 6 nitrogen and oxygen atoms in total. The Morgan fingerprint density at radius 2 is 2.04 bits per heavy atom. The summed E-state index contributed by atoms with van der Waals surface area (Å²) in [4.78, 5) is 27.8. The number of carbonyl (C=O) groups excluding carboxylic acids is 2. The van der Waals surface area contributed by atoms with Crippen LogP contribution in [0.2, 0.25) is 0 Å². The summed E-state index contributed by atoms with van der Waals surface area (Å²) in [7, 11) is 1.53. The number of carbonyl (C=O) groups is 2. The number of nitrogens with zero attached hydrogens (tertiary/aromatic N) is 1. The molecule has 2 aromatic rings. The SMILES string of the molecule is COc1ccc(C)cc1NC(=O)CC(=O)NCc1cccnc1. The fraction of sp³-hybridized carbons (Fsp3) is 0.235. The van der Waals surface area contributed by atoms with Crippen LogP contribution in [0, 0.1) is 6.92 Å². The number of aromatic nitrogens is 1. The lowest BCUT2D eigenvalue weighted by Gasteiger charge is -2.11.